The third-order valence-corrected chi connectivity index (χ3v) is 6.18. The standard InChI is InChI=1S/C27H32N2O7/c1-31-21-9-7-18(8-10-21)12-26(30)29(17-22-6-5-11-35-22)16-20-15-23(36-28-20)19-13-24(32-2)27(34-4)25(14-19)33-3/h7-10,13-15,22H,5-6,11-12,16-17H2,1-4H3/t22-/m1/s1. The Bertz CT molecular complexity index is 1130. The van der Waals surface area contributed by atoms with E-state index in [-0.39, 0.29) is 18.4 Å². The summed E-state index contributed by atoms with van der Waals surface area (Å²) in [6.07, 6.45) is 2.22. The van der Waals surface area contributed by atoms with Gasteiger partial charge < -0.3 is 33.1 Å². The molecule has 1 amide bonds. The molecule has 2 heterocycles. The monoisotopic (exact) mass is 496 g/mol. The van der Waals surface area contributed by atoms with E-state index >= 15 is 0 Å². The Labute approximate surface area is 210 Å². The number of methoxy groups -OCH3 is 4. The van der Waals surface area contributed by atoms with E-state index in [1.54, 1.807) is 45.5 Å². The number of carbonyl (C=O) groups is 1. The van der Waals surface area contributed by atoms with Gasteiger partial charge in [0.1, 0.15) is 11.4 Å². The number of benzene rings is 2. The number of ether oxygens (including phenoxy) is 5. The molecule has 3 aromatic rings. The molecule has 0 unspecified atom stereocenters. The summed E-state index contributed by atoms with van der Waals surface area (Å²) in [7, 11) is 6.29. The molecule has 0 radical (unpaired) electrons. The van der Waals surface area contributed by atoms with Crippen LogP contribution in [0.4, 0.5) is 0 Å². The van der Waals surface area contributed by atoms with Gasteiger partial charge in [0.05, 0.1) is 47.5 Å². The lowest BCUT2D eigenvalue weighted by Crippen LogP contribution is -2.38. The number of hydrogen-bond acceptors (Lipinski definition) is 8. The van der Waals surface area contributed by atoms with E-state index < -0.39 is 0 Å². The molecule has 36 heavy (non-hydrogen) atoms. The minimum Gasteiger partial charge on any atom is -0.497 e. The van der Waals surface area contributed by atoms with Gasteiger partial charge in [-0.05, 0) is 42.7 Å². The van der Waals surface area contributed by atoms with Gasteiger partial charge in [0, 0.05) is 24.8 Å². The maximum Gasteiger partial charge on any atom is 0.227 e. The Morgan fingerprint density at radius 3 is 2.31 bits per heavy atom. The summed E-state index contributed by atoms with van der Waals surface area (Å²) in [5.41, 5.74) is 2.27. The summed E-state index contributed by atoms with van der Waals surface area (Å²) in [5, 5.41) is 4.23. The number of hydrogen-bond donors (Lipinski definition) is 0. The molecule has 1 saturated heterocycles. The highest BCUT2D eigenvalue weighted by molar-refractivity contribution is 5.79. The molecule has 1 aromatic heterocycles. The second kappa shape index (κ2) is 11.8. The normalized spacial score (nSPS) is 14.9. The Morgan fingerprint density at radius 2 is 1.72 bits per heavy atom. The SMILES string of the molecule is COc1ccc(CC(=O)N(Cc2cc(-c3cc(OC)c(OC)c(OC)c3)on2)C[C@H]2CCCO2)cc1. The average molecular weight is 497 g/mol. The Balaban J connectivity index is 1.53. The van der Waals surface area contributed by atoms with Crippen molar-refractivity contribution in [1.29, 1.82) is 0 Å². The Hall–Kier alpha value is -3.72. The van der Waals surface area contributed by atoms with E-state index in [0.29, 0.717) is 41.8 Å². The summed E-state index contributed by atoms with van der Waals surface area (Å²) in [6, 6.07) is 12.9. The minimum absolute atomic E-state index is 0.00648. The maximum absolute atomic E-state index is 13.3. The van der Waals surface area contributed by atoms with E-state index in [2.05, 4.69) is 5.16 Å². The van der Waals surface area contributed by atoms with Gasteiger partial charge in [-0.15, -0.1) is 0 Å². The first-order chi connectivity index (χ1) is 17.5. The highest BCUT2D eigenvalue weighted by Crippen LogP contribution is 2.41. The molecule has 1 atom stereocenters. The first kappa shape index (κ1) is 25.4. The summed E-state index contributed by atoms with van der Waals surface area (Å²) in [6.45, 7) is 1.53. The summed E-state index contributed by atoms with van der Waals surface area (Å²) in [5.74, 6) is 2.80. The van der Waals surface area contributed by atoms with Gasteiger partial charge in [-0.3, -0.25) is 4.79 Å². The Morgan fingerprint density at radius 1 is 1.00 bits per heavy atom. The number of nitrogens with zero attached hydrogens (tertiary/aromatic N) is 2. The van der Waals surface area contributed by atoms with Crippen molar-refractivity contribution >= 4 is 5.91 Å². The number of amides is 1. The van der Waals surface area contributed by atoms with Crippen molar-refractivity contribution in [1.82, 2.24) is 10.1 Å². The van der Waals surface area contributed by atoms with Crippen molar-refractivity contribution in [2.45, 2.75) is 31.9 Å². The second-order valence-electron chi connectivity index (χ2n) is 8.53. The molecule has 0 N–H and O–H groups in total. The van der Waals surface area contributed by atoms with Crippen LogP contribution in [0.5, 0.6) is 23.0 Å². The van der Waals surface area contributed by atoms with E-state index in [0.717, 1.165) is 36.3 Å². The number of carbonyl (C=O) groups excluding carboxylic acids is 1. The van der Waals surface area contributed by atoms with E-state index in [9.17, 15) is 4.79 Å². The lowest BCUT2D eigenvalue weighted by molar-refractivity contribution is -0.132. The van der Waals surface area contributed by atoms with Gasteiger partial charge >= 0.3 is 0 Å². The van der Waals surface area contributed by atoms with Crippen LogP contribution < -0.4 is 18.9 Å². The van der Waals surface area contributed by atoms with Crippen LogP contribution in [0.1, 0.15) is 24.1 Å². The van der Waals surface area contributed by atoms with Crippen molar-refractivity contribution in [2.75, 3.05) is 41.6 Å². The van der Waals surface area contributed by atoms with Crippen LogP contribution in [0.3, 0.4) is 0 Å². The maximum atomic E-state index is 13.3. The van der Waals surface area contributed by atoms with Crippen LogP contribution in [0, 0.1) is 0 Å². The van der Waals surface area contributed by atoms with Crippen molar-refractivity contribution < 1.29 is 33.0 Å². The van der Waals surface area contributed by atoms with E-state index in [4.69, 9.17) is 28.2 Å². The molecular weight excluding hydrogens is 464 g/mol. The molecule has 9 heteroatoms. The molecule has 1 aliphatic rings. The first-order valence-corrected chi connectivity index (χ1v) is 11.8. The van der Waals surface area contributed by atoms with Crippen LogP contribution in [-0.4, -0.2) is 63.7 Å². The van der Waals surface area contributed by atoms with Crippen molar-refractivity contribution in [3.8, 4) is 34.3 Å². The van der Waals surface area contributed by atoms with E-state index in [1.807, 2.05) is 30.3 Å². The fraction of sp³-hybridized carbons (Fsp3) is 0.407. The molecule has 0 aliphatic carbocycles. The largest absolute Gasteiger partial charge is 0.497 e. The summed E-state index contributed by atoms with van der Waals surface area (Å²) in [4.78, 5) is 15.1. The zero-order valence-electron chi connectivity index (χ0n) is 21.1. The predicted octanol–water partition coefficient (Wildman–Crippen LogP) is 4.13. The topological polar surface area (TPSA) is 92.5 Å². The van der Waals surface area contributed by atoms with Gasteiger partial charge in [-0.25, -0.2) is 0 Å². The third-order valence-electron chi connectivity index (χ3n) is 6.18. The molecule has 0 bridgehead atoms. The van der Waals surface area contributed by atoms with Crippen molar-refractivity contribution in [3.05, 3.63) is 53.7 Å². The van der Waals surface area contributed by atoms with Crippen LogP contribution in [0.25, 0.3) is 11.3 Å². The van der Waals surface area contributed by atoms with Crippen LogP contribution in [-0.2, 0) is 22.5 Å². The van der Waals surface area contributed by atoms with Crippen LogP contribution >= 0.6 is 0 Å². The zero-order chi connectivity index (χ0) is 25.5. The van der Waals surface area contributed by atoms with Crippen LogP contribution in [0.2, 0.25) is 0 Å². The quantitative estimate of drug-likeness (QED) is 0.391. The second-order valence-corrected chi connectivity index (χ2v) is 8.53. The van der Waals surface area contributed by atoms with Gasteiger partial charge in [-0.2, -0.15) is 0 Å². The van der Waals surface area contributed by atoms with Crippen LogP contribution in [0.15, 0.2) is 47.0 Å². The van der Waals surface area contributed by atoms with Crippen molar-refractivity contribution in [3.63, 3.8) is 0 Å². The minimum atomic E-state index is -0.00648. The first-order valence-electron chi connectivity index (χ1n) is 11.8. The molecule has 1 fully saturated rings. The zero-order valence-corrected chi connectivity index (χ0v) is 21.1. The van der Waals surface area contributed by atoms with Gasteiger partial charge in [0.25, 0.3) is 0 Å². The number of rotatable bonds is 11. The highest BCUT2D eigenvalue weighted by Gasteiger charge is 2.24. The Kier molecular flexibility index (Phi) is 8.32. The average Bonchev–Trinajstić information content (AvgIpc) is 3.60. The molecule has 1 aliphatic heterocycles. The third kappa shape index (κ3) is 5.91. The lowest BCUT2D eigenvalue weighted by atomic mass is 10.1. The van der Waals surface area contributed by atoms with Gasteiger partial charge in [0.2, 0.25) is 11.7 Å². The van der Waals surface area contributed by atoms with E-state index in [1.165, 1.54) is 0 Å². The molecular formula is C27H32N2O7. The molecule has 2 aromatic carbocycles. The molecule has 0 spiro atoms. The lowest BCUT2D eigenvalue weighted by Gasteiger charge is -2.24. The fourth-order valence-electron chi connectivity index (χ4n) is 4.26. The molecule has 9 nitrogen and oxygen atoms in total. The summed E-state index contributed by atoms with van der Waals surface area (Å²) < 4.78 is 32.9. The predicted molar refractivity (Wildman–Crippen MR) is 133 cm³/mol. The molecule has 0 saturated carbocycles. The van der Waals surface area contributed by atoms with Crippen molar-refractivity contribution in [2.24, 2.45) is 0 Å². The highest BCUT2D eigenvalue weighted by atomic mass is 16.5. The van der Waals surface area contributed by atoms with Gasteiger partial charge in [0.15, 0.2) is 17.3 Å². The number of aromatic nitrogens is 1. The molecule has 4 rings (SSSR count). The van der Waals surface area contributed by atoms with Gasteiger partial charge in [-0.1, -0.05) is 17.3 Å². The fourth-order valence-corrected chi connectivity index (χ4v) is 4.26. The molecule has 192 valence electrons. The smallest absolute Gasteiger partial charge is 0.227 e. The summed E-state index contributed by atoms with van der Waals surface area (Å²) >= 11 is 0.